The van der Waals surface area contributed by atoms with Gasteiger partial charge in [0, 0.05) is 10.9 Å². The van der Waals surface area contributed by atoms with Crippen molar-refractivity contribution in [1.82, 2.24) is 0 Å². The standard InChI is InChI=1S/C10H12OS/c1-8(2)3-4-10(11)9-5-6-12-7-9/h3-8H,1-2H3/b4-3+. The molecule has 0 unspecified atom stereocenters. The van der Waals surface area contributed by atoms with Gasteiger partial charge in [-0.25, -0.2) is 0 Å². The summed E-state index contributed by atoms with van der Waals surface area (Å²) in [5, 5.41) is 3.78. The monoisotopic (exact) mass is 180 g/mol. The van der Waals surface area contributed by atoms with Crippen LogP contribution >= 0.6 is 11.3 Å². The molecule has 1 rings (SSSR count). The summed E-state index contributed by atoms with van der Waals surface area (Å²) in [5.74, 6) is 0.539. The lowest BCUT2D eigenvalue weighted by Gasteiger charge is -1.92. The molecule has 1 aromatic heterocycles. The normalized spacial score (nSPS) is 11.2. The molecule has 0 saturated heterocycles. The molecule has 0 spiro atoms. The fraction of sp³-hybridized carbons (Fsp3) is 0.300. The first-order chi connectivity index (χ1) is 5.70. The predicted molar refractivity (Wildman–Crippen MR) is 52.6 cm³/mol. The third-order valence-electron chi connectivity index (χ3n) is 1.44. The molecule has 0 atom stereocenters. The van der Waals surface area contributed by atoms with Gasteiger partial charge in [-0.3, -0.25) is 4.79 Å². The maximum Gasteiger partial charge on any atom is 0.186 e. The lowest BCUT2D eigenvalue weighted by molar-refractivity contribution is 0.104. The molecule has 0 amide bonds. The first-order valence-electron chi connectivity index (χ1n) is 3.95. The number of hydrogen-bond donors (Lipinski definition) is 0. The first kappa shape index (κ1) is 9.20. The highest BCUT2D eigenvalue weighted by Gasteiger charge is 2.00. The van der Waals surface area contributed by atoms with Crippen molar-refractivity contribution in [3.8, 4) is 0 Å². The van der Waals surface area contributed by atoms with Gasteiger partial charge in [-0.1, -0.05) is 19.9 Å². The van der Waals surface area contributed by atoms with Crippen LogP contribution in [0.2, 0.25) is 0 Å². The van der Waals surface area contributed by atoms with Crippen LogP contribution in [0.15, 0.2) is 29.0 Å². The molecule has 1 aromatic rings. The molecular formula is C10H12OS. The number of hydrogen-bond acceptors (Lipinski definition) is 2. The third kappa shape index (κ3) is 2.62. The van der Waals surface area contributed by atoms with E-state index >= 15 is 0 Å². The van der Waals surface area contributed by atoms with Crippen LogP contribution in [0.25, 0.3) is 0 Å². The molecule has 2 heteroatoms. The summed E-state index contributed by atoms with van der Waals surface area (Å²) in [5.41, 5.74) is 0.789. The van der Waals surface area contributed by atoms with Crippen molar-refractivity contribution in [2.24, 2.45) is 5.92 Å². The highest BCUT2D eigenvalue weighted by molar-refractivity contribution is 7.08. The Morgan fingerprint density at radius 2 is 2.33 bits per heavy atom. The van der Waals surface area contributed by atoms with Gasteiger partial charge in [0.2, 0.25) is 0 Å². The van der Waals surface area contributed by atoms with Gasteiger partial charge in [0.25, 0.3) is 0 Å². The number of ketones is 1. The summed E-state index contributed by atoms with van der Waals surface area (Å²) in [6.07, 6.45) is 3.56. The number of carbonyl (C=O) groups is 1. The molecule has 0 fully saturated rings. The van der Waals surface area contributed by atoms with Crippen molar-refractivity contribution in [3.63, 3.8) is 0 Å². The second-order valence-corrected chi connectivity index (χ2v) is 3.76. The van der Waals surface area contributed by atoms with E-state index in [1.165, 1.54) is 0 Å². The lowest BCUT2D eigenvalue weighted by Crippen LogP contribution is -1.91. The van der Waals surface area contributed by atoms with Gasteiger partial charge in [-0.05, 0) is 23.4 Å². The molecule has 1 heterocycles. The second-order valence-electron chi connectivity index (χ2n) is 2.98. The fourth-order valence-corrected chi connectivity index (χ4v) is 1.43. The molecule has 0 radical (unpaired) electrons. The minimum atomic E-state index is 0.102. The second kappa shape index (κ2) is 4.21. The number of allylic oxidation sites excluding steroid dienone is 2. The molecule has 0 aliphatic heterocycles. The quantitative estimate of drug-likeness (QED) is 0.516. The minimum absolute atomic E-state index is 0.102. The number of rotatable bonds is 3. The van der Waals surface area contributed by atoms with Gasteiger partial charge in [-0.15, -0.1) is 0 Å². The zero-order chi connectivity index (χ0) is 8.97. The van der Waals surface area contributed by atoms with Gasteiger partial charge in [-0.2, -0.15) is 11.3 Å². The van der Waals surface area contributed by atoms with Crippen LogP contribution in [-0.4, -0.2) is 5.78 Å². The van der Waals surface area contributed by atoms with E-state index in [4.69, 9.17) is 0 Å². The topological polar surface area (TPSA) is 17.1 Å². The average Bonchev–Trinajstić information content (AvgIpc) is 2.51. The Bertz CT molecular complexity index is 270. The van der Waals surface area contributed by atoms with E-state index in [2.05, 4.69) is 13.8 Å². The maximum absolute atomic E-state index is 11.3. The number of carbonyl (C=O) groups excluding carboxylic acids is 1. The molecule has 64 valence electrons. The molecule has 0 saturated carbocycles. The van der Waals surface area contributed by atoms with Crippen LogP contribution in [0.3, 0.4) is 0 Å². The van der Waals surface area contributed by atoms with E-state index in [0.29, 0.717) is 5.92 Å². The van der Waals surface area contributed by atoms with Crippen LogP contribution < -0.4 is 0 Å². The molecule has 1 nitrogen and oxygen atoms in total. The molecule has 0 aliphatic rings. The van der Waals surface area contributed by atoms with E-state index in [1.54, 1.807) is 17.4 Å². The highest BCUT2D eigenvalue weighted by atomic mass is 32.1. The van der Waals surface area contributed by atoms with Gasteiger partial charge in [0.05, 0.1) is 0 Å². The van der Waals surface area contributed by atoms with Crippen molar-refractivity contribution in [2.45, 2.75) is 13.8 Å². The zero-order valence-electron chi connectivity index (χ0n) is 7.28. The van der Waals surface area contributed by atoms with Gasteiger partial charge >= 0.3 is 0 Å². The smallest absolute Gasteiger partial charge is 0.186 e. The maximum atomic E-state index is 11.3. The lowest BCUT2D eigenvalue weighted by atomic mass is 10.1. The molecule has 0 aromatic carbocycles. The predicted octanol–water partition coefficient (Wildman–Crippen LogP) is 3.14. The van der Waals surface area contributed by atoms with Crippen LogP contribution in [-0.2, 0) is 0 Å². The Kier molecular flexibility index (Phi) is 3.23. The van der Waals surface area contributed by atoms with Crippen LogP contribution in [0.4, 0.5) is 0 Å². The van der Waals surface area contributed by atoms with E-state index < -0.39 is 0 Å². The van der Waals surface area contributed by atoms with E-state index in [-0.39, 0.29) is 5.78 Å². The summed E-state index contributed by atoms with van der Waals surface area (Å²) in [4.78, 5) is 11.3. The Morgan fingerprint density at radius 1 is 1.58 bits per heavy atom. The van der Waals surface area contributed by atoms with E-state index in [1.807, 2.05) is 22.9 Å². The Labute approximate surface area is 76.7 Å². The van der Waals surface area contributed by atoms with Crippen molar-refractivity contribution < 1.29 is 4.79 Å². The Morgan fingerprint density at radius 3 is 2.83 bits per heavy atom. The molecular weight excluding hydrogens is 168 g/mol. The third-order valence-corrected chi connectivity index (χ3v) is 2.12. The molecule has 0 aliphatic carbocycles. The van der Waals surface area contributed by atoms with Crippen LogP contribution in [0, 0.1) is 5.92 Å². The SMILES string of the molecule is CC(C)/C=C/C(=O)c1ccsc1. The van der Waals surface area contributed by atoms with E-state index in [9.17, 15) is 4.79 Å². The van der Waals surface area contributed by atoms with Crippen molar-refractivity contribution in [1.29, 1.82) is 0 Å². The number of thiophene rings is 1. The van der Waals surface area contributed by atoms with Crippen molar-refractivity contribution >= 4 is 17.1 Å². The molecule has 12 heavy (non-hydrogen) atoms. The zero-order valence-corrected chi connectivity index (χ0v) is 8.10. The highest BCUT2D eigenvalue weighted by Crippen LogP contribution is 2.07. The fourth-order valence-electron chi connectivity index (χ4n) is 0.781. The first-order valence-corrected chi connectivity index (χ1v) is 4.89. The summed E-state index contributed by atoms with van der Waals surface area (Å²) in [6, 6.07) is 1.84. The van der Waals surface area contributed by atoms with Gasteiger partial charge in [0.1, 0.15) is 0 Å². The Balaban J connectivity index is 2.62. The van der Waals surface area contributed by atoms with E-state index in [0.717, 1.165) is 5.56 Å². The largest absolute Gasteiger partial charge is 0.289 e. The molecule has 0 N–H and O–H groups in total. The minimum Gasteiger partial charge on any atom is -0.289 e. The van der Waals surface area contributed by atoms with Gasteiger partial charge in [0.15, 0.2) is 5.78 Å². The van der Waals surface area contributed by atoms with Crippen molar-refractivity contribution in [3.05, 3.63) is 34.5 Å². The average molecular weight is 180 g/mol. The Hall–Kier alpha value is -0.890. The van der Waals surface area contributed by atoms with Gasteiger partial charge < -0.3 is 0 Å². The van der Waals surface area contributed by atoms with Crippen LogP contribution in [0.1, 0.15) is 24.2 Å². The summed E-state index contributed by atoms with van der Waals surface area (Å²) in [6.45, 7) is 4.11. The van der Waals surface area contributed by atoms with Crippen LogP contribution in [0.5, 0.6) is 0 Å². The summed E-state index contributed by atoms with van der Waals surface area (Å²) < 4.78 is 0. The summed E-state index contributed by atoms with van der Waals surface area (Å²) >= 11 is 1.55. The van der Waals surface area contributed by atoms with Crippen molar-refractivity contribution in [2.75, 3.05) is 0 Å². The summed E-state index contributed by atoms with van der Waals surface area (Å²) in [7, 11) is 0. The molecule has 0 bridgehead atoms.